The Hall–Kier alpha value is -3.95. The van der Waals surface area contributed by atoms with E-state index in [0.717, 1.165) is 11.3 Å². The standard InChI is InChI=1S/C24H25N3O7/c1-6-11-26-15-10-8-7-9-14(15)24-12-16(20(29)32-3)27(13(2)28)23(24)25-18(22(31)34-5)17(19(24)26)21(30)33-4/h6-10,16,19H,1,11-12H2,2-5H3/t16-,19-,24-/m0/s1. The molecule has 1 aromatic carbocycles. The van der Waals surface area contributed by atoms with Crippen LogP contribution in [-0.2, 0) is 38.8 Å². The predicted molar refractivity (Wildman–Crippen MR) is 121 cm³/mol. The number of esters is 3. The lowest BCUT2D eigenvalue weighted by molar-refractivity contribution is -0.148. The third-order valence-corrected chi connectivity index (χ3v) is 6.60. The van der Waals surface area contributed by atoms with Crippen LogP contribution in [0.1, 0.15) is 18.9 Å². The van der Waals surface area contributed by atoms with Gasteiger partial charge in [0.25, 0.3) is 0 Å². The summed E-state index contributed by atoms with van der Waals surface area (Å²) in [7, 11) is 3.62. The Morgan fingerprint density at radius 1 is 1.12 bits per heavy atom. The van der Waals surface area contributed by atoms with Crippen molar-refractivity contribution >= 4 is 35.3 Å². The molecule has 10 heteroatoms. The fraction of sp³-hybridized carbons (Fsp3) is 0.375. The van der Waals surface area contributed by atoms with E-state index in [2.05, 4.69) is 11.6 Å². The van der Waals surface area contributed by atoms with Crippen molar-refractivity contribution in [3.8, 4) is 0 Å². The summed E-state index contributed by atoms with van der Waals surface area (Å²) in [6.45, 7) is 5.47. The summed E-state index contributed by atoms with van der Waals surface area (Å²) in [6, 6.07) is 5.61. The summed E-state index contributed by atoms with van der Waals surface area (Å²) in [5.41, 5.74) is 0.143. The second kappa shape index (κ2) is 8.44. The molecule has 0 aromatic heterocycles. The Balaban J connectivity index is 2.12. The molecule has 0 bridgehead atoms. The maximum absolute atomic E-state index is 13.1. The highest BCUT2D eigenvalue weighted by atomic mass is 16.5. The van der Waals surface area contributed by atoms with Crippen LogP contribution < -0.4 is 4.90 Å². The van der Waals surface area contributed by atoms with Crippen molar-refractivity contribution in [1.82, 2.24) is 4.90 Å². The molecule has 3 aliphatic rings. The minimum absolute atomic E-state index is 0.00910. The lowest BCUT2D eigenvalue weighted by Crippen LogP contribution is -2.55. The van der Waals surface area contributed by atoms with Gasteiger partial charge in [-0.25, -0.2) is 19.4 Å². The van der Waals surface area contributed by atoms with Crippen LogP contribution in [0.5, 0.6) is 0 Å². The molecule has 1 aromatic rings. The van der Waals surface area contributed by atoms with Crippen LogP contribution in [0.2, 0.25) is 0 Å². The number of anilines is 1. The predicted octanol–water partition coefficient (Wildman–Crippen LogP) is 1.10. The number of methoxy groups -OCH3 is 3. The molecule has 10 nitrogen and oxygen atoms in total. The van der Waals surface area contributed by atoms with Gasteiger partial charge in [-0.1, -0.05) is 24.3 Å². The highest BCUT2D eigenvalue weighted by molar-refractivity contribution is 6.17. The summed E-state index contributed by atoms with van der Waals surface area (Å²) in [4.78, 5) is 59.3. The fourth-order valence-corrected chi connectivity index (χ4v) is 5.43. The number of carbonyl (C=O) groups is 4. The van der Waals surface area contributed by atoms with Crippen molar-refractivity contribution in [2.45, 2.75) is 30.8 Å². The van der Waals surface area contributed by atoms with Crippen LogP contribution in [0.25, 0.3) is 0 Å². The Bertz CT molecular complexity index is 1170. The van der Waals surface area contributed by atoms with Gasteiger partial charge < -0.3 is 19.1 Å². The van der Waals surface area contributed by atoms with Crippen LogP contribution in [0.4, 0.5) is 5.69 Å². The van der Waals surface area contributed by atoms with Gasteiger partial charge in [0, 0.05) is 19.2 Å². The van der Waals surface area contributed by atoms with Crippen LogP contribution in [0.15, 0.2) is 53.2 Å². The molecule has 1 saturated heterocycles. The van der Waals surface area contributed by atoms with Gasteiger partial charge in [0.1, 0.15) is 11.9 Å². The highest BCUT2D eigenvalue weighted by Gasteiger charge is 2.67. The molecule has 1 amide bonds. The Morgan fingerprint density at radius 2 is 1.79 bits per heavy atom. The molecule has 0 aliphatic carbocycles. The van der Waals surface area contributed by atoms with Gasteiger partial charge in [0.05, 0.1) is 38.4 Å². The molecule has 0 radical (unpaired) electrons. The highest BCUT2D eigenvalue weighted by Crippen LogP contribution is 2.57. The van der Waals surface area contributed by atoms with Gasteiger partial charge in [-0.15, -0.1) is 6.58 Å². The van der Waals surface area contributed by atoms with E-state index in [1.165, 1.54) is 33.2 Å². The molecular formula is C24H25N3O7. The minimum Gasteiger partial charge on any atom is -0.467 e. The van der Waals surface area contributed by atoms with Crippen molar-refractivity contribution in [3.63, 3.8) is 0 Å². The van der Waals surface area contributed by atoms with Crippen LogP contribution in [-0.4, -0.2) is 74.5 Å². The summed E-state index contributed by atoms with van der Waals surface area (Å²) < 4.78 is 15.0. The molecule has 178 valence electrons. The van der Waals surface area contributed by atoms with E-state index in [-0.39, 0.29) is 23.5 Å². The van der Waals surface area contributed by atoms with Gasteiger partial charge in [-0.05, 0) is 18.1 Å². The van der Waals surface area contributed by atoms with E-state index in [0.29, 0.717) is 6.54 Å². The maximum atomic E-state index is 13.1. The summed E-state index contributed by atoms with van der Waals surface area (Å²) >= 11 is 0. The number of benzene rings is 1. The number of likely N-dealkylation sites (tertiary alicyclic amines) is 1. The Labute approximate surface area is 196 Å². The molecule has 34 heavy (non-hydrogen) atoms. The number of amides is 1. The first kappa shape index (κ1) is 23.2. The van der Waals surface area contributed by atoms with E-state index >= 15 is 0 Å². The molecular weight excluding hydrogens is 442 g/mol. The first-order valence-electron chi connectivity index (χ1n) is 10.6. The molecule has 3 heterocycles. The third-order valence-electron chi connectivity index (χ3n) is 6.60. The summed E-state index contributed by atoms with van der Waals surface area (Å²) in [5, 5.41) is 0. The molecule has 3 atom stereocenters. The van der Waals surface area contributed by atoms with Crippen molar-refractivity contribution in [3.05, 3.63) is 53.8 Å². The van der Waals surface area contributed by atoms with Gasteiger partial charge in [-0.2, -0.15) is 0 Å². The lowest BCUT2D eigenvalue weighted by Gasteiger charge is -2.40. The van der Waals surface area contributed by atoms with E-state index in [1.54, 1.807) is 6.08 Å². The number of fused-ring (bicyclic) bond motifs is 1. The number of nitrogens with zero attached hydrogens (tertiary/aromatic N) is 3. The van der Waals surface area contributed by atoms with Gasteiger partial charge in [0.2, 0.25) is 5.91 Å². The summed E-state index contributed by atoms with van der Waals surface area (Å²) in [5.74, 6) is -2.51. The first-order chi connectivity index (χ1) is 16.3. The Morgan fingerprint density at radius 3 is 2.38 bits per heavy atom. The topological polar surface area (TPSA) is 115 Å². The second-order valence-corrected chi connectivity index (χ2v) is 8.15. The third kappa shape index (κ3) is 2.98. The largest absolute Gasteiger partial charge is 0.467 e. The van der Waals surface area contributed by atoms with Crippen LogP contribution in [0, 0.1) is 0 Å². The second-order valence-electron chi connectivity index (χ2n) is 8.15. The van der Waals surface area contributed by atoms with Crippen LogP contribution >= 0.6 is 0 Å². The number of aliphatic imine (C=N–C) groups is 1. The van der Waals surface area contributed by atoms with Crippen molar-refractivity contribution < 1.29 is 33.4 Å². The van der Waals surface area contributed by atoms with Gasteiger partial charge >= 0.3 is 17.9 Å². The zero-order valence-corrected chi connectivity index (χ0v) is 19.4. The van der Waals surface area contributed by atoms with Crippen molar-refractivity contribution in [1.29, 1.82) is 0 Å². The maximum Gasteiger partial charge on any atom is 0.357 e. The van der Waals surface area contributed by atoms with E-state index in [9.17, 15) is 19.2 Å². The fourth-order valence-electron chi connectivity index (χ4n) is 5.43. The lowest BCUT2D eigenvalue weighted by atomic mass is 9.69. The molecule has 0 N–H and O–H groups in total. The zero-order chi connectivity index (χ0) is 24.8. The van der Waals surface area contributed by atoms with E-state index in [4.69, 9.17) is 14.2 Å². The average Bonchev–Trinajstić information content (AvgIpc) is 3.34. The van der Waals surface area contributed by atoms with Crippen molar-refractivity contribution in [2.75, 3.05) is 32.8 Å². The molecule has 0 saturated carbocycles. The molecule has 3 aliphatic heterocycles. The molecule has 4 rings (SSSR count). The Kier molecular flexibility index (Phi) is 5.76. The minimum atomic E-state index is -1.11. The first-order valence-corrected chi connectivity index (χ1v) is 10.6. The average molecular weight is 467 g/mol. The van der Waals surface area contributed by atoms with E-state index < -0.39 is 41.3 Å². The number of para-hydroxylation sites is 1. The summed E-state index contributed by atoms with van der Waals surface area (Å²) in [6.07, 6.45) is 1.77. The number of amidine groups is 1. The number of hydrogen-bond donors (Lipinski definition) is 0. The number of carbonyl (C=O) groups excluding carboxylic acids is 4. The smallest absolute Gasteiger partial charge is 0.357 e. The van der Waals surface area contributed by atoms with Gasteiger partial charge in [0.15, 0.2) is 5.70 Å². The SMILES string of the molecule is C=CCN1c2ccccc2[C@]23C[C@@H](C(=O)OC)N(C(C)=O)C2=NC(C(=O)OC)=C(C(=O)OC)[C@H]13. The number of ether oxygens (including phenoxy) is 3. The molecule has 0 unspecified atom stereocenters. The van der Waals surface area contributed by atoms with Crippen LogP contribution in [0.3, 0.4) is 0 Å². The zero-order valence-electron chi connectivity index (χ0n) is 19.4. The quantitative estimate of drug-likeness (QED) is 0.359. The van der Waals surface area contributed by atoms with Crippen molar-refractivity contribution in [2.24, 2.45) is 4.99 Å². The van der Waals surface area contributed by atoms with Gasteiger partial charge in [-0.3, -0.25) is 9.69 Å². The monoisotopic (exact) mass is 467 g/mol. The number of hydrogen-bond acceptors (Lipinski definition) is 9. The normalized spacial score (nSPS) is 24.5. The number of rotatable bonds is 5. The van der Waals surface area contributed by atoms with E-state index in [1.807, 2.05) is 29.2 Å². The molecule has 1 fully saturated rings. The molecule has 1 spiro atoms.